The summed E-state index contributed by atoms with van der Waals surface area (Å²) in [6.45, 7) is 0. The molecule has 0 fully saturated rings. The predicted octanol–water partition coefficient (Wildman–Crippen LogP) is 4.21. The molecular formula is C11H6Cl3NO4S2. The molecule has 21 heavy (non-hydrogen) atoms. The number of hydrogen-bond acceptors (Lipinski definition) is 4. The van der Waals surface area contributed by atoms with Gasteiger partial charge in [0, 0.05) is 5.02 Å². The Morgan fingerprint density at radius 1 is 1.19 bits per heavy atom. The fourth-order valence-electron chi connectivity index (χ4n) is 1.50. The molecule has 0 aliphatic heterocycles. The van der Waals surface area contributed by atoms with Gasteiger partial charge in [0.2, 0.25) is 0 Å². The Kier molecular flexibility index (Phi) is 4.69. The molecule has 1 aromatic carbocycles. The predicted molar refractivity (Wildman–Crippen MR) is 83.6 cm³/mol. The lowest BCUT2D eigenvalue weighted by atomic mass is 10.2. The molecule has 0 aliphatic carbocycles. The summed E-state index contributed by atoms with van der Waals surface area (Å²) >= 11 is 18.2. The molecule has 2 aromatic rings. The highest BCUT2D eigenvalue weighted by Gasteiger charge is 2.23. The standard InChI is InChI=1S/C11H6Cl3NO4S2/c12-5-1-2-6(11(16)17)7(3-5)15-21(18,19)8-4-9(13)20-10(8)14/h1-4,15H,(H,16,17). The van der Waals surface area contributed by atoms with Crippen LogP contribution < -0.4 is 4.72 Å². The Morgan fingerprint density at radius 3 is 2.38 bits per heavy atom. The molecule has 2 rings (SSSR count). The molecule has 0 saturated carbocycles. The van der Waals surface area contributed by atoms with E-state index in [2.05, 4.69) is 4.72 Å². The largest absolute Gasteiger partial charge is 0.478 e. The van der Waals surface area contributed by atoms with E-state index in [1.807, 2.05) is 0 Å². The molecule has 0 saturated heterocycles. The van der Waals surface area contributed by atoms with E-state index in [9.17, 15) is 13.2 Å². The van der Waals surface area contributed by atoms with E-state index in [-0.39, 0.29) is 29.8 Å². The van der Waals surface area contributed by atoms with Gasteiger partial charge in [-0.2, -0.15) is 0 Å². The number of anilines is 1. The minimum absolute atomic E-state index is 0.0218. The second-order valence-electron chi connectivity index (χ2n) is 3.79. The highest BCUT2D eigenvalue weighted by atomic mass is 35.5. The zero-order valence-electron chi connectivity index (χ0n) is 9.93. The Bertz CT molecular complexity index is 817. The normalized spacial score (nSPS) is 11.4. The second-order valence-corrected chi connectivity index (χ2v) is 8.16. The van der Waals surface area contributed by atoms with Gasteiger partial charge in [-0.15, -0.1) is 11.3 Å². The summed E-state index contributed by atoms with van der Waals surface area (Å²) in [5.74, 6) is -1.29. The number of benzene rings is 1. The highest BCUT2D eigenvalue weighted by molar-refractivity contribution is 7.93. The van der Waals surface area contributed by atoms with Crippen molar-refractivity contribution in [3.8, 4) is 0 Å². The average Bonchev–Trinajstić information content (AvgIpc) is 2.68. The summed E-state index contributed by atoms with van der Waals surface area (Å²) in [5.41, 5.74) is -0.395. The molecule has 0 amide bonds. The lowest BCUT2D eigenvalue weighted by Crippen LogP contribution is -2.15. The van der Waals surface area contributed by atoms with Crippen molar-refractivity contribution in [1.82, 2.24) is 0 Å². The lowest BCUT2D eigenvalue weighted by molar-refractivity contribution is 0.0698. The third-order valence-corrected chi connectivity index (χ3v) is 5.72. The summed E-state index contributed by atoms with van der Waals surface area (Å²) in [4.78, 5) is 10.9. The Labute approximate surface area is 139 Å². The van der Waals surface area contributed by atoms with E-state index in [1.54, 1.807) is 0 Å². The van der Waals surface area contributed by atoms with Gasteiger partial charge in [-0.25, -0.2) is 13.2 Å². The van der Waals surface area contributed by atoms with Crippen molar-refractivity contribution in [3.63, 3.8) is 0 Å². The zero-order chi connectivity index (χ0) is 15.8. The Hall–Kier alpha value is -0.990. The molecule has 0 aliphatic rings. The van der Waals surface area contributed by atoms with Gasteiger partial charge in [0.25, 0.3) is 10.0 Å². The van der Waals surface area contributed by atoms with Crippen LogP contribution in [0.3, 0.4) is 0 Å². The fourth-order valence-corrected chi connectivity index (χ4v) is 4.89. The van der Waals surface area contributed by atoms with Gasteiger partial charge < -0.3 is 5.11 Å². The molecule has 0 radical (unpaired) electrons. The molecule has 10 heteroatoms. The number of rotatable bonds is 4. The van der Waals surface area contributed by atoms with E-state index >= 15 is 0 Å². The van der Waals surface area contributed by atoms with E-state index in [0.717, 1.165) is 11.3 Å². The average molecular weight is 387 g/mol. The third-order valence-electron chi connectivity index (χ3n) is 2.37. The molecule has 0 bridgehead atoms. The van der Waals surface area contributed by atoms with Crippen LogP contribution in [0.5, 0.6) is 0 Å². The molecule has 0 atom stereocenters. The number of nitrogens with one attached hydrogen (secondary N) is 1. The number of carboxylic acid groups (broad SMARTS) is 1. The van der Waals surface area contributed by atoms with Crippen LogP contribution in [0, 0.1) is 0 Å². The van der Waals surface area contributed by atoms with Crippen LogP contribution in [-0.4, -0.2) is 19.5 Å². The quantitative estimate of drug-likeness (QED) is 0.824. The number of thiophene rings is 1. The van der Waals surface area contributed by atoms with Gasteiger partial charge in [0.1, 0.15) is 9.23 Å². The van der Waals surface area contributed by atoms with Crippen molar-refractivity contribution in [2.75, 3.05) is 4.72 Å². The molecular weight excluding hydrogens is 381 g/mol. The summed E-state index contributed by atoms with van der Waals surface area (Å²) in [7, 11) is -4.07. The van der Waals surface area contributed by atoms with Crippen molar-refractivity contribution < 1.29 is 18.3 Å². The maximum absolute atomic E-state index is 12.2. The van der Waals surface area contributed by atoms with Crippen molar-refractivity contribution in [1.29, 1.82) is 0 Å². The van der Waals surface area contributed by atoms with Crippen LogP contribution in [0.1, 0.15) is 10.4 Å². The topological polar surface area (TPSA) is 83.5 Å². The van der Waals surface area contributed by atoms with Gasteiger partial charge in [0.05, 0.1) is 15.6 Å². The van der Waals surface area contributed by atoms with E-state index in [1.165, 1.54) is 24.3 Å². The number of carbonyl (C=O) groups is 1. The molecule has 0 unspecified atom stereocenters. The monoisotopic (exact) mass is 385 g/mol. The highest BCUT2D eigenvalue weighted by Crippen LogP contribution is 2.35. The summed E-state index contributed by atoms with van der Waals surface area (Å²) in [6.07, 6.45) is 0. The Morgan fingerprint density at radius 2 is 1.86 bits per heavy atom. The Balaban J connectivity index is 2.48. The zero-order valence-corrected chi connectivity index (χ0v) is 13.8. The van der Waals surface area contributed by atoms with Gasteiger partial charge in [-0.05, 0) is 24.3 Å². The third kappa shape index (κ3) is 3.61. The van der Waals surface area contributed by atoms with Crippen molar-refractivity contribution >= 4 is 67.8 Å². The minimum atomic E-state index is -4.07. The van der Waals surface area contributed by atoms with E-state index < -0.39 is 16.0 Å². The van der Waals surface area contributed by atoms with Gasteiger partial charge >= 0.3 is 5.97 Å². The number of carboxylic acids is 1. The van der Waals surface area contributed by atoms with Gasteiger partial charge in [-0.1, -0.05) is 34.8 Å². The molecule has 0 spiro atoms. The number of sulfonamides is 1. The fraction of sp³-hybridized carbons (Fsp3) is 0. The first-order valence-electron chi connectivity index (χ1n) is 5.21. The lowest BCUT2D eigenvalue weighted by Gasteiger charge is -2.10. The SMILES string of the molecule is O=C(O)c1ccc(Cl)cc1NS(=O)(=O)c1cc(Cl)sc1Cl. The van der Waals surface area contributed by atoms with Crippen LogP contribution in [0.4, 0.5) is 5.69 Å². The maximum atomic E-state index is 12.2. The first kappa shape index (κ1) is 16.4. The summed E-state index contributed by atoms with van der Waals surface area (Å²) < 4.78 is 26.8. The molecule has 5 nitrogen and oxygen atoms in total. The number of aromatic carboxylic acids is 1. The van der Waals surface area contributed by atoms with Crippen LogP contribution in [0.15, 0.2) is 29.2 Å². The second kappa shape index (κ2) is 6.02. The van der Waals surface area contributed by atoms with Crippen LogP contribution in [0.25, 0.3) is 0 Å². The van der Waals surface area contributed by atoms with Crippen molar-refractivity contribution in [2.45, 2.75) is 4.90 Å². The maximum Gasteiger partial charge on any atom is 0.337 e. The van der Waals surface area contributed by atoms with Gasteiger partial charge in [0.15, 0.2) is 0 Å². The smallest absolute Gasteiger partial charge is 0.337 e. The summed E-state index contributed by atoms with van der Waals surface area (Å²) in [6, 6.07) is 4.92. The van der Waals surface area contributed by atoms with Crippen LogP contribution >= 0.6 is 46.1 Å². The van der Waals surface area contributed by atoms with Crippen molar-refractivity contribution in [3.05, 3.63) is 43.5 Å². The molecule has 112 valence electrons. The summed E-state index contributed by atoms with van der Waals surface area (Å²) in [5, 5.41) is 9.25. The van der Waals surface area contributed by atoms with Crippen LogP contribution in [0.2, 0.25) is 13.7 Å². The number of hydrogen-bond donors (Lipinski definition) is 2. The van der Waals surface area contributed by atoms with Crippen LogP contribution in [-0.2, 0) is 10.0 Å². The first-order valence-corrected chi connectivity index (χ1v) is 8.64. The minimum Gasteiger partial charge on any atom is -0.478 e. The van der Waals surface area contributed by atoms with Crippen molar-refractivity contribution in [2.24, 2.45) is 0 Å². The molecule has 2 N–H and O–H groups in total. The van der Waals surface area contributed by atoms with Gasteiger partial charge in [-0.3, -0.25) is 4.72 Å². The molecule has 1 aromatic heterocycles. The van der Waals surface area contributed by atoms with E-state index in [4.69, 9.17) is 39.9 Å². The molecule has 1 heterocycles. The van der Waals surface area contributed by atoms with E-state index in [0.29, 0.717) is 0 Å². The first-order chi connectivity index (χ1) is 9.70. The number of halogens is 3.